The molecule has 0 spiro atoms. The lowest BCUT2D eigenvalue weighted by Gasteiger charge is -2.14. The normalized spacial score (nSPS) is 11.3. The molecule has 1 radical (unpaired) electrons. The van der Waals surface area contributed by atoms with Crippen LogP contribution in [0.4, 0.5) is 13.2 Å². The van der Waals surface area contributed by atoms with E-state index in [1.807, 2.05) is 0 Å². The first kappa shape index (κ1) is 11.7. The predicted molar refractivity (Wildman–Crippen MR) is 48.8 cm³/mol. The van der Waals surface area contributed by atoms with Crippen LogP contribution in [-0.2, 0) is 0 Å². The van der Waals surface area contributed by atoms with Crippen molar-refractivity contribution in [1.82, 2.24) is 0 Å². The number of halogens is 3. The zero-order valence-corrected chi connectivity index (χ0v) is 8.10. The molecule has 0 saturated carbocycles. The van der Waals surface area contributed by atoms with Gasteiger partial charge >= 0.3 is 6.36 Å². The number of hydrogen-bond donors (Lipinski definition) is 0. The highest BCUT2D eigenvalue weighted by molar-refractivity contribution is 5.48. The summed E-state index contributed by atoms with van der Waals surface area (Å²) >= 11 is 0. The molecule has 0 fully saturated rings. The van der Waals surface area contributed by atoms with Crippen molar-refractivity contribution in [3.63, 3.8) is 0 Å². The SMILES string of the molecule is [CH2]c1cccc(OC(F)(F)F)c1OCC. The molecule has 83 valence electrons. The van der Waals surface area contributed by atoms with Crippen LogP contribution in [0.15, 0.2) is 18.2 Å². The molecular formula is C10H10F3O2. The third kappa shape index (κ3) is 3.34. The van der Waals surface area contributed by atoms with E-state index in [1.54, 1.807) is 13.0 Å². The number of benzene rings is 1. The first-order valence-corrected chi connectivity index (χ1v) is 4.27. The maximum absolute atomic E-state index is 12.0. The molecular weight excluding hydrogens is 209 g/mol. The number of para-hydroxylation sites is 1. The molecule has 2 nitrogen and oxygen atoms in total. The molecule has 1 aromatic carbocycles. The Balaban J connectivity index is 3.00. The zero-order chi connectivity index (χ0) is 11.5. The molecule has 5 heteroatoms. The second kappa shape index (κ2) is 4.42. The summed E-state index contributed by atoms with van der Waals surface area (Å²) in [4.78, 5) is 0. The van der Waals surface area contributed by atoms with Crippen LogP contribution >= 0.6 is 0 Å². The van der Waals surface area contributed by atoms with Crippen LogP contribution < -0.4 is 9.47 Å². The van der Waals surface area contributed by atoms with Crippen molar-refractivity contribution in [2.24, 2.45) is 0 Å². The van der Waals surface area contributed by atoms with Gasteiger partial charge in [0.2, 0.25) is 0 Å². The molecule has 0 atom stereocenters. The Bertz CT molecular complexity index is 334. The lowest BCUT2D eigenvalue weighted by molar-refractivity contribution is -0.275. The van der Waals surface area contributed by atoms with E-state index in [9.17, 15) is 13.2 Å². The van der Waals surface area contributed by atoms with Crippen LogP contribution in [0.25, 0.3) is 0 Å². The Hall–Kier alpha value is -1.39. The smallest absolute Gasteiger partial charge is 0.490 e. The van der Waals surface area contributed by atoms with Gasteiger partial charge in [0.05, 0.1) is 6.61 Å². The Morgan fingerprint density at radius 1 is 1.33 bits per heavy atom. The van der Waals surface area contributed by atoms with Crippen molar-refractivity contribution in [3.8, 4) is 11.5 Å². The van der Waals surface area contributed by atoms with Crippen molar-refractivity contribution in [1.29, 1.82) is 0 Å². The molecule has 0 amide bonds. The highest BCUT2D eigenvalue weighted by Crippen LogP contribution is 2.34. The summed E-state index contributed by atoms with van der Waals surface area (Å²) in [6, 6.07) is 4.16. The minimum Gasteiger partial charge on any atom is -0.490 e. The van der Waals surface area contributed by atoms with Gasteiger partial charge in [0.15, 0.2) is 11.5 Å². The third-order valence-corrected chi connectivity index (χ3v) is 1.57. The van der Waals surface area contributed by atoms with E-state index in [0.29, 0.717) is 5.56 Å². The zero-order valence-electron chi connectivity index (χ0n) is 8.10. The molecule has 0 aromatic heterocycles. The second-order valence-electron chi connectivity index (χ2n) is 2.73. The lowest BCUT2D eigenvalue weighted by Crippen LogP contribution is -2.18. The van der Waals surface area contributed by atoms with Crippen LogP contribution in [0, 0.1) is 6.92 Å². The second-order valence-corrected chi connectivity index (χ2v) is 2.73. The molecule has 0 unspecified atom stereocenters. The molecule has 1 rings (SSSR count). The van der Waals surface area contributed by atoms with Gasteiger partial charge < -0.3 is 9.47 Å². The fourth-order valence-corrected chi connectivity index (χ4v) is 1.07. The van der Waals surface area contributed by atoms with E-state index in [1.165, 1.54) is 12.1 Å². The van der Waals surface area contributed by atoms with Crippen molar-refractivity contribution in [2.45, 2.75) is 13.3 Å². The van der Waals surface area contributed by atoms with E-state index < -0.39 is 6.36 Å². The van der Waals surface area contributed by atoms with Gasteiger partial charge in [-0.05, 0) is 25.5 Å². The van der Waals surface area contributed by atoms with Crippen LogP contribution in [-0.4, -0.2) is 13.0 Å². The standard InChI is InChI=1S/C10H10F3O2/c1-3-14-9-7(2)5-4-6-8(9)15-10(11,12)13/h4-6H,2-3H2,1H3. The van der Waals surface area contributed by atoms with Gasteiger partial charge in [-0.2, -0.15) is 0 Å². The molecule has 0 bridgehead atoms. The van der Waals surface area contributed by atoms with Crippen molar-refractivity contribution >= 4 is 0 Å². The van der Waals surface area contributed by atoms with E-state index >= 15 is 0 Å². The highest BCUT2D eigenvalue weighted by atomic mass is 19.4. The van der Waals surface area contributed by atoms with E-state index in [0.717, 1.165) is 0 Å². The van der Waals surface area contributed by atoms with Gasteiger partial charge in [-0.3, -0.25) is 0 Å². The maximum Gasteiger partial charge on any atom is 0.573 e. The van der Waals surface area contributed by atoms with Gasteiger partial charge in [0.1, 0.15) is 0 Å². The Kier molecular flexibility index (Phi) is 3.44. The van der Waals surface area contributed by atoms with Crippen LogP contribution in [0.5, 0.6) is 11.5 Å². The molecule has 0 heterocycles. The number of rotatable bonds is 3. The van der Waals surface area contributed by atoms with E-state index in [-0.39, 0.29) is 18.1 Å². The molecule has 15 heavy (non-hydrogen) atoms. The van der Waals surface area contributed by atoms with Gasteiger partial charge in [-0.15, -0.1) is 13.2 Å². The van der Waals surface area contributed by atoms with Crippen molar-refractivity contribution in [3.05, 3.63) is 30.7 Å². The minimum absolute atomic E-state index is 0.0253. The van der Waals surface area contributed by atoms with Gasteiger partial charge in [0.25, 0.3) is 0 Å². The first-order valence-electron chi connectivity index (χ1n) is 4.27. The van der Waals surface area contributed by atoms with Crippen molar-refractivity contribution < 1.29 is 22.6 Å². The first-order chi connectivity index (χ1) is 6.94. The topological polar surface area (TPSA) is 18.5 Å². The number of ether oxygens (including phenoxy) is 2. The highest BCUT2D eigenvalue weighted by Gasteiger charge is 2.32. The van der Waals surface area contributed by atoms with E-state index in [2.05, 4.69) is 11.7 Å². The predicted octanol–water partition coefficient (Wildman–Crippen LogP) is 3.17. The average molecular weight is 219 g/mol. The van der Waals surface area contributed by atoms with E-state index in [4.69, 9.17) is 4.74 Å². The maximum atomic E-state index is 12.0. The summed E-state index contributed by atoms with van der Waals surface area (Å²) in [6.07, 6.45) is -4.72. The van der Waals surface area contributed by atoms with Gasteiger partial charge in [-0.25, -0.2) is 0 Å². The van der Waals surface area contributed by atoms with Crippen LogP contribution in [0.2, 0.25) is 0 Å². The molecule has 0 N–H and O–H groups in total. The monoisotopic (exact) mass is 219 g/mol. The molecule has 0 saturated heterocycles. The minimum atomic E-state index is -4.72. The molecule has 0 aliphatic rings. The van der Waals surface area contributed by atoms with Crippen LogP contribution in [0.3, 0.4) is 0 Å². The molecule has 0 aliphatic carbocycles. The largest absolute Gasteiger partial charge is 0.573 e. The van der Waals surface area contributed by atoms with Crippen molar-refractivity contribution in [2.75, 3.05) is 6.61 Å². The number of alkyl halides is 3. The average Bonchev–Trinajstić information content (AvgIpc) is 2.08. The fourth-order valence-electron chi connectivity index (χ4n) is 1.07. The fraction of sp³-hybridized carbons (Fsp3) is 0.300. The summed E-state index contributed by atoms with van der Waals surface area (Å²) in [5, 5.41) is 0. The van der Waals surface area contributed by atoms with Gasteiger partial charge in [-0.1, -0.05) is 12.1 Å². The Labute approximate surface area is 85.6 Å². The quantitative estimate of drug-likeness (QED) is 0.777. The Morgan fingerprint density at radius 3 is 2.53 bits per heavy atom. The molecule has 0 aliphatic heterocycles. The lowest BCUT2D eigenvalue weighted by atomic mass is 10.2. The number of hydrogen-bond acceptors (Lipinski definition) is 2. The summed E-state index contributed by atoms with van der Waals surface area (Å²) in [7, 11) is 0. The summed E-state index contributed by atoms with van der Waals surface area (Å²) < 4.78 is 44.8. The Morgan fingerprint density at radius 2 is 2.00 bits per heavy atom. The third-order valence-electron chi connectivity index (χ3n) is 1.57. The summed E-state index contributed by atoms with van der Waals surface area (Å²) in [5.41, 5.74) is 0.360. The summed E-state index contributed by atoms with van der Waals surface area (Å²) in [5.74, 6) is -0.339. The summed E-state index contributed by atoms with van der Waals surface area (Å²) in [6.45, 7) is 5.48. The molecule has 1 aromatic rings. The van der Waals surface area contributed by atoms with Crippen LogP contribution in [0.1, 0.15) is 12.5 Å². The van der Waals surface area contributed by atoms with Gasteiger partial charge in [0, 0.05) is 0 Å².